The van der Waals surface area contributed by atoms with Gasteiger partial charge in [0, 0.05) is 28.9 Å². The molecule has 0 fully saturated rings. The number of aryl methyl sites for hydroxylation is 1. The Balaban J connectivity index is 1.69. The van der Waals surface area contributed by atoms with Crippen molar-refractivity contribution < 1.29 is 4.74 Å². The van der Waals surface area contributed by atoms with Crippen LogP contribution in [0, 0.1) is 0 Å². The molecule has 1 N–H and O–H groups in total. The molecule has 7 heteroatoms. The summed E-state index contributed by atoms with van der Waals surface area (Å²) in [6, 6.07) is 9.73. The highest BCUT2D eigenvalue weighted by Gasteiger charge is 2.14. The molecule has 6 nitrogen and oxygen atoms in total. The number of thiophene rings is 1. The van der Waals surface area contributed by atoms with Crippen molar-refractivity contribution in [1.29, 1.82) is 0 Å². The smallest absolute Gasteiger partial charge is 0.263 e. The Kier molecular flexibility index (Phi) is 5.81. The Labute approximate surface area is 177 Å². The number of aromatic nitrogens is 3. The molecule has 1 aromatic carbocycles. The summed E-state index contributed by atoms with van der Waals surface area (Å²) in [7, 11) is 0. The van der Waals surface area contributed by atoms with Crippen molar-refractivity contribution in [2.75, 3.05) is 6.61 Å². The van der Waals surface area contributed by atoms with Gasteiger partial charge in [-0.05, 0) is 24.0 Å². The van der Waals surface area contributed by atoms with Crippen LogP contribution in [-0.4, -0.2) is 21.1 Å². The number of hydrogen-bond acceptors (Lipinski definition) is 5. The molecule has 3 aromatic heterocycles. The SMILES string of the molecule is CCCOc1c[nH]c(Cn2cnc3scc(-c4ccc(CC)cc4)c3c2=O)cc1=O. The normalized spacial score (nSPS) is 11.1. The molecule has 0 atom stereocenters. The zero-order valence-electron chi connectivity index (χ0n) is 17.0. The van der Waals surface area contributed by atoms with Crippen molar-refractivity contribution in [3.63, 3.8) is 0 Å². The lowest BCUT2D eigenvalue weighted by molar-refractivity contribution is 0.313. The van der Waals surface area contributed by atoms with Crippen LogP contribution in [0.15, 0.2) is 57.8 Å². The van der Waals surface area contributed by atoms with E-state index in [2.05, 4.69) is 29.0 Å². The third-order valence-corrected chi connectivity index (χ3v) is 5.86. The summed E-state index contributed by atoms with van der Waals surface area (Å²) in [4.78, 5) is 33.7. The minimum absolute atomic E-state index is 0.122. The molecule has 4 aromatic rings. The number of hydrogen-bond donors (Lipinski definition) is 1. The van der Waals surface area contributed by atoms with Gasteiger partial charge in [0.25, 0.3) is 5.56 Å². The Morgan fingerprint density at radius 2 is 1.97 bits per heavy atom. The van der Waals surface area contributed by atoms with Gasteiger partial charge in [-0.2, -0.15) is 0 Å². The molecule has 0 spiro atoms. The predicted molar refractivity (Wildman–Crippen MR) is 121 cm³/mol. The van der Waals surface area contributed by atoms with Crippen molar-refractivity contribution in [1.82, 2.24) is 14.5 Å². The van der Waals surface area contributed by atoms with E-state index in [9.17, 15) is 9.59 Å². The quantitative estimate of drug-likeness (QED) is 0.485. The standard InChI is InChI=1S/C23H23N3O3S/c1-3-9-29-20-11-24-17(10-19(20)27)12-26-14-25-22-21(23(26)28)18(13-30-22)16-7-5-15(4-2)6-8-16/h5-8,10-11,13-14H,3-4,9,12H2,1-2H3,(H,24,27). The molecule has 0 unspecified atom stereocenters. The number of rotatable bonds is 7. The van der Waals surface area contributed by atoms with Crippen LogP contribution in [0.1, 0.15) is 31.5 Å². The van der Waals surface area contributed by atoms with Gasteiger partial charge in [0.05, 0.1) is 24.9 Å². The van der Waals surface area contributed by atoms with Crippen molar-refractivity contribution in [2.24, 2.45) is 0 Å². The summed E-state index contributed by atoms with van der Waals surface area (Å²) in [6.45, 7) is 4.82. The summed E-state index contributed by atoms with van der Waals surface area (Å²) >= 11 is 1.46. The van der Waals surface area contributed by atoms with Crippen LogP contribution in [-0.2, 0) is 13.0 Å². The first-order chi connectivity index (χ1) is 14.6. The lowest BCUT2D eigenvalue weighted by atomic mass is 10.0. The van der Waals surface area contributed by atoms with Gasteiger partial charge in [-0.15, -0.1) is 11.3 Å². The van der Waals surface area contributed by atoms with Crippen LogP contribution in [0.2, 0.25) is 0 Å². The molecule has 0 bridgehead atoms. The van der Waals surface area contributed by atoms with Gasteiger partial charge in [0.2, 0.25) is 5.43 Å². The van der Waals surface area contributed by atoms with Gasteiger partial charge in [-0.3, -0.25) is 14.2 Å². The highest BCUT2D eigenvalue weighted by Crippen LogP contribution is 2.30. The molecule has 30 heavy (non-hydrogen) atoms. The Morgan fingerprint density at radius 1 is 1.17 bits per heavy atom. The zero-order chi connectivity index (χ0) is 21.1. The van der Waals surface area contributed by atoms with E-state index in [4.69, 9.17) is 4.74 Å². The summed E-state index contributed by atoms with van der Waals surface area (Å²) in [5.41, 5.74) is 3.44. The Hall–Kier alpha value is -3.19. The molecule has 0 saturated heterocycles. The second-order valence-electron chi connectivity index (χ2n) is 7.09. The molecule has 0 aliphatic carbocycles. The van der Waals surface area contributed by atoms with E-state index in [1.54, 1.807) is 6.20 Å². The molecule has 0 radical (unpaired) electrons. The molecule has 154 valence electrons. The number of ether oxygens (including phenoxy) is 1. The fourth-order valence-electron chi connectivity index (χ4n) is 3.31. The van der Waals surface area contributed by atoms with E-state index < -0.39 is 0 Å². The number of aromatic amines is 1. The molecule has 0 aliphatic heterocycles. The van der Waals surface area contributed by atoms with Crippen molar-refractivity contribution >= 4 is 21.6 Å². The number of nitrogens with zero attached hydrogens (tertiary/aromatic N) is 2. The molecule has 0 aliphatic rings. The van der Waals surface area contributed by atoms with Gasteiger partial charge in [0.15, 0.2) is 5.75 Å². The highest BCUT2D eigenvalue weighted by atomic mass is 32.1. The second kappa shape index (κ2) is 8.67. The van der Waals surface area contributed by atoms with Gasteiger partial charge in [0.1, 0.15) is 4.83 Å². The van der Waals surface area contributed by atoms with E-state index in [1.807, 2.05) is 24.4 Å². The van der Waals surface area contributed by atoms with Crippen LogP contribution in [0.3, 0.4) is 0 Å². The molecule has 0 saturated carbocycles. The lowest BCUT2D eigenvalue weighted by Gasteiger charge is -2.08. The number of nitrogens with one attached hydrogen (secondary N) is 1. The highest BCUT2D eigenvalue weighted by molar-refractivity contribution is 7.17. The number of fused-ring (bicyclic) bond motifs is 1. The molecular weight excluding hydrogens is 398 g/mol. The maximum Gasteiger partial charge on any atom is 0.263 e. The first-order valence-electron chi connectivity index (χ1n) is 10.0. The average Bonchev–Trinajstić information content (AvgIpc) is 3.20. The monoisotopic (exact) mass is 421 g/mol. The van der Waals surface area contributed by atoms with Crippen LogP contribution >= 0.6 is 11.3 Å². The van der Waals surface area contributed by atoms with Crippen molar-refractivity contribution in [2.45, 2.75) is 33.2 Å². The summed E-state index contributed by atoms with van der Waals surface area (Å²) in [5, 5.41) is 2.59. The van der Waals surface area contributed by atoms with Crippen LogP contribution in [0.25, 0.3) is 21.3 Å². The second-order valence-corrected chi connectivity index (χ2v) is 7.95. The zero-order valence-corrected chi connectivity index (χ0v) is 17.8. The fourth-order valence-corrected chi connectivity index (χ4v) is 4.22. The molecule has 3 heterocycles. The van der Waals surface area contributed by atoms with Gasteiger partial charge >= 0.3 is 0 Å². The Morgan fingerprint density at radius 3 is 2.67 bits per heavy atom. The van der Waals surface area contributed by atoms with E-state index in [1.165, 1.54) is 33.9 Å². The van der Waals surface area contributed by atoms with Crippen LogP contribution < -0.4 is 15.7 Å². The fraction of sp³-hybridized carbons (Fsp3) is 0.261. The topological polar surface area (TPSA) is 77.0 Å². The number of H-pyrrole nitrogens is 1. The van der Waals surface area contributed by atoms with Crippen LogP contribution in [0.4, 0.5) is 0 Å². The van der Waals surface area contributed by atoms with Crippen molar-refractivity contribution in [3.05, 3.63) is 80.1 Å². The van der Waals surface area contributed by atoms with E-state index >= 15 is 0 Å². The van der Waals surface area contributed by atoms with Crippen molar-refractivity contribution in [3.8, 4) is 16.9 Å². The first-order valence-corrected chi connectivity index (χ1v) is 10.9. The van der Waals surface area contributed by atoms with E-state index in [0.717, 1.165) is 24.0 Å². The van der Waals surface area contributed by atoms with E-state index in [-0.39, 0.29) is 23.3 Å². The number of pyridine rings is 1. The summed E-state index contributed by atoms with van der Waals surface area (Å²) in [6.07, 6.45) is 4.88. The largest absolute Gasteiger partial charge is 0.488 e. The Bertz CT molecular complexity index is 1290. The van der Waals surface area contributed by atoms with Gasteiger partial charge < -0.3 is 9.72 Å². The molecule has 0 amide bonds. The van der Waals surface area contributed by atoms with Gasteiger partial charge in [-0.25, -0.2) is 4.98 Å². The summed E-state index contributed by atoms with van der Waals surface area (Å²) in [5.74, 6) is 0.289. The average molecular weight is 422 g/mol. The maximum absolute atomic E-state index is 13.2. The third kappa shape index (κ3) is 3.93. The molecular formula is C23H23N3O3S. The van der Waals surface area contributed by atoms with Crippen LogP contribution in [0.5, 0.6) is 5.75 Å². The molecule has 4 rings (SSSR count). The summed E-state index contributed by atoms with van der Waals surface area (Å²) < 4.78 is 6.94. The van der Waals surface area contributed by atoms with Gasteiger partial charge in [-0.1, -0.05) is 38.1 Å². The first kappa shape index (κ1) is 20.1. The number of benzene rings is 1. The maximum atomic E-state index is 13.2. The third-order valence-electron chi connectivity index (χ3n) is 4.97. The minimum Gasteiger partial charge on any atom is -0.488 e. The van der Waals surface area contributed by atoms with E-state index in [0.29, 0.717) is 22.5 Å². The minimum atomic E-state index is -0.202. The lowest BCUT2D eigenvalue weighted by Crippen LogP contribution is -2.22. The predicted octanol–water partition coefficient (Wildman–Crippen LogP) is 4.21.